The summed E-state index contributed by atoms with van der Waals surface area (Å²) in [7, 11) is -1.42. The Hall–Kier alpha value is 0.375. The van der Waals surface area contributed by atoms with Gasteiger partial charge in [-0.25, -0.2) is 0 Å². The Morgan fingerprint density at radius 2 is 2.07 bits per heavy atom. The monoisotopic (exact) mass is 382 g/mol. The van der Waals surface area contributed by atoms with Gasteiger partial charge in [0.2, 0.25) is 0 Å². The largest absolute Gasteiger partial charge is 0.489 e. The van der Waals surface area contributed by atoms with Crippen molar-refractivity contribution < 1.29 is 10.0 Å². The quantitative estimate of drug-likeness (QED) is 0.584. The predicted molar refractivity (Wildman–Crippen MR) is 72.1 cm³/mol. The molecule has 72 valence electrons. The maximum Gasteiger partial charge on any atom is 0.489 e. The van der Waals surface area contributed by atoms with Crippen LogP contribution in [-0.4, -0.2) is 17.2 Å². The zero-order chi connectivity index (χ0) is 10.3. The molecule has 0 bridgehead atoms. The molecule has 0 unspecified atom stereocenters. The van der Waals surface area contributed by atoms with Crippen LogP contribution in [0.15, 0.2) is 22.0 Å². The molecule has 0 amide bonds. The average molecular weight is 383 g/mol. The van der Waals surface area contributed by atoms with Crippen molar-refractivity contribution in [3.63, 3.8) is 0 Å². The molecular formula is C8H5BBrIO2S. The lowest BCUT2D eigenvalue weighted by molar-refractivity contribution is 0.426. The van der Waals surface area contributed by atoms with Crippen molar-refractivity contribution in [1.29, 1.82) is 0 Å². The van der Waals surface area contributed by atoms with Crippen LogP contribution < -0.4 is 5.46 Å². The Kier molecular flexibility index (Phi) is 3.18. The van der Waals surface area contributed by atoms with E-state index in [1.54, 1.807) is 17.4 Å². The molecule has 0 spiro atoms. The molecule has 0 fully saturated rings. The number of halogens is 2. The molecular weight excluding hydrogens is 378 g/mol. The third kappa shape index (κ3) is 1.74. The first-order valence-corrected chi connectivity index (χ1v) is 6.57. The lowest BCUT2D eigenvalue weighted by atomic mass is 9.78. The van der Waals surface area contributed by atoms with Gasteiger partial charge in [0.25, 0.3) is 0 Å². The standard InChI is InChI=1S/C8H5BBrIO2S/c10-5-3-14-8-6(11)2-1-4(7(5)8)9(12)13/h1-3,12-13H. The average Bonchev–Trinajstić information content (AvgIpc) is 2.50. The Bertz CT molecular complexity index is 485. The molecule has 0 aliphatic heterocycles. The third-order valence-electron chi connectivity index (χ3n) is 1.94. The summed E-state index contributed by atoms with van der Waals surface area (Å²) in [6, 6.07) is 3.63. The summed E-state index contributed by atoms with van der Waals surface area (Å²) in [5, 5.41) is 21.2. The fourth-order valence-electron chi connectivity index (χ4n) is 1.32. The number of fused-ring (bicyclic) bond motifs is 1. The fraction of sp³-hybridized carbons (Fsp3) is 0. The Balaban J connectivity index is 2.85. The first-order chi connectivity index (χ1) is 6.61. The molecule has 2 rings (SSSR count). The minimum atomic E-state index is -1.42. The van der Waals surface area contributed by atoms with Gasteiger partial charge < -0.3 is 10.0 Å². The molecule has 2 nitrogen and oxygen atoms in total. The van der Waals surface area contributed by atoms with Gasteiger partial charge in [0, 0.05) is 23.5 Å². The summed E-state index contributed by atoms with van der Waals surface area (Å²) in [4.78, 5) is 0. The molecule has 2 aromatic rings. The van der Waals surface area contributed by atoms with Crippen molar-refractivity contribution >= 4 is 72.5 Å². The second kappa shape index (κ2) is 4.09. The second-order valence-corrected chi connectivity index (χ2v) is 5.69. The van der Waals surface area contributed by atoms with Crippen LogP contribution in [0.3, 0.4) is 0 Å². The Labute approximate surface area is 107 Å². The first-order valence-electron chi connectivity index (χ1n) is 3.82. The molecule has 1 heterocycles. The molecule has 6 heteroatoms. The van der Waals surface area contributed by atoms with Gasteiger partial charge >= 0.3 is 7.12 Å². The Morgan fingerprint density at radius 3 is 2.71 bits per heavy atom. The van der Waals surface area contributed by atoms with Crippen LogP contribution in [0.25, 0.3) is 10.1 Å². The fourth-order valence-corrected chi connectivity index (χ4v) is 3.85. The lowest BCUT2D eigenvalue weighted by Gasteiger charge is -2.03. The number of hydrogen-bond donors (Lipinski definition) is 2. The van der Waals surface area contributed by atoms with Crippen molar-refractivity contribution in [2.24, 2.45) is 0 Å². The summed E-state index contributed by atoms with van der Waals surface area (Å²) in [5.41, 5.74) is 0.550. The second-order valence-electron chi connectivity index (χ2n) is 2.80. The maximum atomic E-state index is 9.19. The van der Waals surface area contributed by atoms with E-state index < -0.39 is 7.12 Å². The normalized spacial score (nSPS) is 10.9. The minimum absolute atomic E-state index is 0.550. The number of benzene rings is 1. The SMILES string of the molecule is OB(O)c1ccc(I)c2scc(Br)c12. The summed E-state index contributed by atoms with van der Waals surface area (Å²) in [6.07, 6.45) is 0. The highest BCUT2D eigenvalue weighted by atomic mass is 127. The van der Waals surface area contributed by atoms with Crippen molar-refractivity contribution in [2.45, 2.75) is 0 Å². The highest BCUT2D eigenvalue weighted by molar-refractivity contribution is 14.1. The van der Waals surface area contributed by atoms with Crippen LogP contribution in [0.5, 0.6) is 0 Å². The molecule has 0 aliphatic rings. The van der Waals surface area contributed by atoms with E-state index in [1.807, 2.05) is 11.4 Å². The summed E-state index contributed by atoms with van der Waals surface area (Å²) >= 11 is 7.24. The molecule has 0 aliphatic carbocycles. The van der Waals surface area contributed by atoms with Crippen molar-refractivity contribution in [2.75, 3.05) is 0 Å². The highest BCUT2D eigenvalue weighted by Crippen LogP contribution is 2.32. The van der Waals surface area contributed by atoms with E-state index in [2.05, 4.69) is 38.5 Å². The van der Waals surface area contributed by atoms with E-state index in [9.17, 15) is 10.0 Å². The molecule has 1 aromatic heterocycles. The number of rotatable bonds is 1. The molecule has 2 N–H and O–H groups in total. The van der Waals surface area contributed by atoms with Gasteiger partial charge in [-0.05, 0) is 50.0 Å². The van der Waals surface area contributed by atoms with Crippen LogP contribution in [0, 0.1) is 3.57 Å². The highest BCUT2D eigenvalue weighted by Gasteiger charge is 2.18. The van der Waals surface area contributed by atoms with Gasteiger partial charge in [0.15, 0.2) is 0 Å². The molecule has 0 saturated heterocycles. The van der Waals surface area contributed by atoms with Crippen molar-refractivity contribution in [3.05, 3.63) is 25.6 Å². The van der Waals surface area contributed by atoms with E-state index >= 15 is 0 Å². The van der Waals surface area contributed by atoms with Crippen LogP contribution in [-0.2, 0) is 0 Å². The van der Waals surface area contributed by atoms with Crippen molar-refractivity contribution in [1.82, 2.24) is 0 Å². The van der Waals surface area contributed by atoms with Gasteiger partial charge in [-0.15, -0.1) is 11.3 Å². The van der Waals surface area contributed by atoms with Gasteiger partial charge in [-0.3, -0.25) is 0 Å². The van der Waals surface area contributed by atoms with Crippen LogP contribution in [0.1, 0.15) is 0 Å². The van der Waals surface area contributed by atoms with Gasteiger partial charge in [-0.2, -0.15) is 0 Å². The van der Waals surface area contributed by atoms with E-state index in [1.165, 1.54) is 0 Å². The summed E-state index contributed by atoms with van der Waals surface area (Å²) in [6.45, 7) is 0. The number of thiophene rings is 1. The first kappa shape index (κ1) is 10.9. The smallest absolute Gasteiger partial charge is 0.423 e. The van der Waals surface area contributed by atoms with Gasteiger partial charge in [0.1, 0.15) is 0 Å². The lowest BCUT2D eigenvalue weighted by Crippen LogP contribution is -2.30. The van der Waals surface area contributed by atoms with Crippen LogP contribution in [0.2, 0.25) is 0 Å². The minimum Gasteiger partial charge on any atom is -0.423 e. The third-order valence-corrected chi connectivity index (χ3v) is 5.15. The van der Waals surface area contributed by atoms with E-state index in [0.717, 1.165) is 18.1 Å². The molecule has 0 radical (unpaired) electrons. The molecule has 1 aromatic carbocycles. The summed E-state index contributed by atoms with van der Waals surface area (Å²) in [5.74, 6) is 0. The molecule has 0 atom stereocenters. The Morgan fingerprint density at radius 1 is 1.36 bits per heavy atom. The molecule has 14 heavy (non-hydrogen) atoms. The van der Waals surface area contributed by atoms with Gasteiger partial charge in [-0.1, -0.05) is 6.07 Å². The van der Waals surface area contributed by atoms with E-state index in [4.69, 9.17) is 0 Å². The molecule has 0 saturated carbocycles. The van der Waals surface area contributed by atoms with E-state index in [0.29, 0.717) is 5.46 Å². The van der Waals surface area contributed by atoms with Crippen LogP contribution >= 0.6 is 49.9 Å². The van der Waals surface area contributed by atoms with E-state index in [-0.39, 0.29) is 0 Å². The number of hydrogen-bond acceptors (Lipinski definition) is 3. The van der Waals surface area contributed by atoms with Crippen LogP contribution in [0.4, 0.5) is 0 Å². The summed E-state index contributed by atoms with van der Waals surface area (Å²) < 4.78 is 3.12. The maximum absolute atomic E-state index is 9.19. The predicted octanol–water partition coefficient (Wildman–Crippen LogP) is 1.95. The van der Waals surface area contributed by atoms with Crippen molar-refractivity contribution in [3.8, 4) is 0 Å². The van der Waals surface area contributed by atoms with Gasteiger partial charge in [0.05, 0.1) is 0 Å². The zero-order valence-electron chi connectivity index (χ0n) is 6.87. The topological polar surface area (TPSA) is 40.5 Å². The zero-order valence-corrected chi connectivity index (χ0v) is 11.4.